The second-order valence-corrected chi connectivity index (χ2v) is 5.39. The van der Waals surface area contributed by atoms with Gasteiger partial charge in [-0.25, -0.2) is 0 Å². The van der Waals surface area contributed by atoms with E-state index in [1.807, 2.05) is 36.4 Å². The second-order valence-electron chi connectivity index (χ2n) is 4.09. The number of rotatable bonds is 4. The molecule has 2 aromatic rings. The van der Waals surface area contributed by atoms with Crippen molar-refractivity contribution in [3.63, 3.8) is 0 Å². The summed E-state index contributed by atoms with van der Waals surface area (Å²) in [7, 11) is 0. The molecule has 0 radical (unpaired) electrons. The monoisotopic (exact) mass is 334 g/mol. The Hall–Kier alpha value is -1.34. The van der Waals surface area contributed by atoms with Crippen LogP contribution >= 0.6 is 27.5 Å². The number of nitrogens with one attached hydrogen (secondary N) is 1. The topological polar surface area (TPSA) is 35.8 Å². The van der Waals surface area contributed by atoms with E-state index >= 15 is 0 Å². The van der Waals surface area contributed by atoms with Gasteiger partial charge in [0.1, 0.15) is 6.04 Å². The van der Waals surface area contributed by atoms with E-state index in [1.54, 1.807) is 12.1 Å². The van der Waals surface area contributed by atoms with E-state index in [9.17, 15) is 5.26 Å². The largest absolute Gasteiger partial charge is 0.294 e. The molecular formula is C15H12BrClN2. The van der Waals surface area contributed by atoms with Crippen LogP contribution in [0.25, 0.3) is 0 Å². The van der Waals surface area contributed by atoms with Gasteiger partial charge in [-0.3, -0.25) is 5.32 Å². The van der Waals surface area contributed by atoms with E-state index < -0.39 is 6.04 Å². The zero-order chi connectivity index (χ0) is 13.7. The lowest BCUT2D eigenvalue weighted by Crippen LogP contribution is -2.19. The van der Waals surface area contributed by atoms with Gasteiger partial charge >= 0.3 is 0 Å². The summed E-state index contributed by atoms with van der Waals surface area (Å²) in [5.74, 6) is 0. The van der Waals surface area contributed by atoms with Gasteiger partial charge in [-0.05, 0) is 29.3 Å². The predicted octanol–water partition coefficient (Wildman–Crippen LogP) is 4.46. The molecule has 1 atom stereocenters. The molecule has 0 saturated carbocycles. The van der Waals surface area contributed by atoms with Crippen molar-refractivity contribution in [2.24, 2.45) is 0 Å². The van der Waals surface area contributed by atoms with Crippen molar-refractivity contribution < 1.29 is 0 Å². The highest BCUT2D eigenvalue weighted by Gasteiger charge is 2.13. The number of hydrogen-bond donors (Lipinski definition) is 1. The van der Waals surface area contributed by atoms with E-state index in [2.05, 4.69) is 27.3 Å². The fourth-order valence-corrected chi connectivity index (χ4v) is 2.43. The highest BCUT2D eigenvalue weighted by molar-refractivity contribution is 9.10. The normalized spacial score (nSPS) is 11.8. The first kappa shape index (κ1) is 14.1. The third-order valence-corrected chi connectivity index (χ3v) is 3.71. The summed E-state index contributed by atoms with van der Waals surface area (Å²) in [6.07, 6.45) is 0. The molecule has 0 aliphatic heterocycles. The molecule has 1 unspecified atom stereocenters. The van der Waals surface area contributed by atoms with Crippen LogP contribution in [0.2, 0.25) is 5.02 Å². The zero-order valence-electron chi connectivity index (χ0n) is 10.1. The lowest BCUT2D eigenvalue weighted by atomic mass is 10.1. The van der Waals surface area contributed by atoms with Crippen molar-refractivity contribution >= 4 is 27.5 Å². The molecule has 1 N–H and O–H groups in total. The van der Waals surface area contributed by atoms with Gasteiger partial charge in [-0.15, -0.1) is 0 Å². The van der Waals surface area contributed by atoms with Gasteiger partial charge in [0, 0.05) is 16.0 Å². The van der Waals surface area contributed by atoms with Crippen molar-refractivity contribution in [1.82, 2.24) is 5.32 Å². The summed E-state index contributed by atoms with van der Waals surface area (Å²) in [6.45, 7) is 0.637. The van der Waals surface area contributed by atoms with Crippen LogP contribution < -0.4 is 5.32 Å². The predicted molar refractivity (Wildman–Crippen MR) is 80.8 cm³/mol. The Kier molecular flexibility index (Phi) is 4.98. The molecule has 0 aliphatic rings. The summed E-state index contributed by atoms with van der Waals surface area (Å²) in [5, 5.41) is 13.1. The van der Waals surface area contributed by atoms with E-state index in [0.717, 1.165) is 15.6 Å². The molecule has 0 bridgehead atoms. The Bertz CT molecular complexity index is 593. The summed E-state index contributed by atoms with van der Waals surface area (Å²) < 4.78 is 0.879. The first-order valence-corrected chi connectivity index (χ1v) is 6.99. The lowest BCUT2D eigenvalue weighted by Gasteiger charge is -2.14. The number of benzene rings is 2. The van der Waals surface area contributed by atoms with E-state index in [4.69, 9.17) is 11.6 Å². The van der Waals surface area contributed by atoms with Crippen molar-refractivity contribution in [2.45, 2.75) is 12.6 Å². The molecule has 0 spiro atoms. The van der Waals surface area contributed by atoms with Crippen LogP contribution in [0.15, 0.2) is 53.0 Å². The number of nitrogens with zero attached hydrogens (tertiary/aromatic N) is 1. The van der Waals surface area contributed by atoms with Gasteiger partial charge < -0.3 is 0 Å². The summed E-state index contributed by atoms with van der Waals surface area (Å²) in [5.41, 5.74) is 1.99. The molecule has 0 saturated heterocycles. The summed E-state index contributed by atoms with van der Waals surface area (Å²) in [6, 6.07) is 17.3. The lowest BCUT2D eigenvalue weighted by molar-refractivity contribution is 0.628. The summed E-state index contributed by atoms with van der Waals surface area (Å²) >= 11 is 9.43. The van der Waals surface area contributed by atoms with Gasteiger partial charge in [-0.2, -0.15) is 5.26 Å². The molecule has 2 aromatic carbocycles. The third kappa shape index (κ3) is 3.81. The van der Waals surface area contributed by atoms with E-state index in [-0.39, 0.29) is 0 Å². The highest BCUT2D eigenvalue weighted by atomic mass is 79.9. The van der Waals surface area contributed by atoms with Gasteiger partial charge in [0.25, 0.3) is 0 Å². The van der Waals surface area contributed by atoms with Crippen LogP contribution in [-0.4, -0.2) is 0 Å². The quantitative estimate of drug-likeness (QED) is 0.895. The maximum Gasteiger partial charge on any atom is 0.122 e. The Labute approximate surface area is 126 Å². The standard InChI is InChI=1S/C15H12BrClN2/c16-14-7-6-12(17)8-13(14)15(9-18)19-10-11-4-2-1-3-5-11/h1-8,15,19H,10H2. The zero-order valence-corrected chi connectivity index (χ0v) is 12.4. The van der Waals surface area contributed by atoms with Crippen molar-refractivity contribution in [3.05, 3.63) is 69.2 Å². The minimum atomic E-state index is -0.395. The van der Waals surface area contributed by atoms with E-state index in [1.165, 1.54) is 0 Å². The van der Waals surface area contributed by atoms with Crippen LogP contribution in [0, 0.1) is 11.3 Å². The van der Waals surface area contributed by atoms with Gasteiger partial charge in [0.2, 0.25) is 0 Å². The third-order valence-electron chi connectivity index (χ3n) is 2.75. The molecule has 2 rings (SSSR count). The molecule has 19 heavy (non-hydrogen) atoms. The van der Waals surface area contributed by atoms with Crippen molar-refractivity contribution in [2.75, 3.05) is 0 Å². The van der Waals surface area contributed by atoms with Crippen molar-refractivity contribution in [1.29, 1.82) is 5.26 Å². The van der Waals surface area contributed by atoms with Crippen LogP contribution in [0.5, 0.6) is 0 Å². The Morgan fingerprint density at radius 3 is 2.63 bits per heavy atom. The maximum absolute atomic E-state index is 9.30. The number of hydrogen-bond acceptors (Lipinski definition) is 2. The van der Waals surface area contributed by atoms with Gasteiger partial charge in [0.05, 0.1) is 6.07 Å². The molecular weight excluding hydrogens is 324 g/mol. The minimum absolute atomic E-state index is 0.395. The first-order valence-electron chi connectivity index (χ1n) is 5.82. The summed E-state index contributed by atoms with van der Waals surface area (Å²) in [4.78, 5) is 0. The smallest absolute Gasteiger partial charge is 0.122 e. The number of nitriles is 1. The molecule has 0 aromatic heterocycles. The minimum Gasteiger partial charge on any atom is -0.294 e. The Morgan fingerprint density at radius 1 is 1.21 bits per heavy atom. The highest BCUT2D eigenvalue weighted by Crippen LogP contribution is 2.26. The maximum atomic E-state index is 9.30. The molecule has 2 nitrogen and oxygen atoms in total. The molecule has 0 heterocycles. The first-order chi connectivity index (χ1) is 9.20. The van der Waals surface area contributed by atoms with Gasteiger partial charge in [0.15, 0.2) is 0 Å². The van der Waals surface area contributed by atoms with E-state index in [0.29, 0.717) is 11.6 Å². The average Bonchev–Trinajstić information content (AvgIpc) is 2.44. The molecule has 0 amide bonds. The average molecular weight is 336 g/mol. The molecule has 0 aliphatic carbocycles. The SMILES string of the molecule is N#CC(NCc1ccccc1)c1cc(Cl)ccc1Br. The van der Waals surface area contributed by atoms with Crippen LogP contribution in [0.4, 0.5) is 0 Å². The van der Waals surface area contributed by atoms with Crippen LogP contribution in [0.3, 0.4) is 0 Å². The molecule has 0 fully saturated rings. The van der Waals surface area contributed by atoms with Gasteiger partial charge in [-0.1, -0.05) is 57.9 Å². The van der Waals surface area contributed by atoms with Crippen LogP contribution in [-0.2, 0) is 6.54 Å². The van der Waals surface area contributed by atoms with Crippen molar-refractivity contribution in [3.8, 4) is 6.07 Å². The molecule has 4 heteroatoms. The molecule has 96 valence electrons. The second kappa shape index (κ2) is 6.72. The fourth-order valence-electron chi connectivity index (χ4n) is 1.78. The fraction of sp³-hybridized carbons (Fsp3) is 0.133. The Morgan fingerprint density at radius 2 is 1.95 bits per heavy atom. The number of halogens is 2. The Balaban J connectivity index is 2.13. The van der Waals surface area contributed by atoms with Crippen LogP contribution in [0.1, 0.15) is 17.2 Å².